The monoisotopic (exact) mass is 465 g/mol. The van der Waals surface area contributed by atoms with Crippen LogP contribution in [0, 0.1) is 6.92 Å². The van der Waals surface area contributed by atoms with Crippen molar-refractivity contribution in [1.82, 2.24) is 19.7 Å². The number of nitrogens with one attached hydrogen (secondary N) is 1. The quantitative estimate of drug-likeness (QED) is 0.585. The van der Waals surface area contributed by atoms with Gasteiger partial charge >= 0.3 is 0 Å². The highest BCUT2D eigenvalue weighted by Crippen LogP contribution is 2.35. The van der Waals surface area contributed by atoms with Gasteiger partial charge in [-0.05, 0) is 52.2 Å². The summed E-state index contributed by atoms with van der Waals surface area (Å²) in [5, 5.41) is 8.09. The van der Waals surface area contributed by atoms with Crippen molar-refractivity contribution in [3.63, 3.8) is 0 Å². The molecule has 3 aromatic rings. The molecule has 4 rings (SSSR count). The molecule has 1 N–H and O–H groups in total. The molecule has 1 fully saturated rings. The highest BCUT2D eigenvalue weighted by molar-refractivity contribution is 6.10. The zero-order chi connectivity index (χ0) is 24.4. The maximum atomic E-state index is 13.4. The van der Waals surface area contributed by atoms with E-state index >= 15 is 0 Å². The molecule has 2 amide bonds. The van der Waals surface area contributed by atoms with Crippen molar-refractivity contribution >= 4 is 28.5 Å². The Kier molecular flexibility index (Phi) is 6.72. The molecule has 1 aromatic carbocycles. The first-order valence-electron chi connectivity index (χ1n) is 11.6. The van der Waals surface area contributed by atoms with Crippen molar-refractivity contribution in [1.29, 1.82) is 0 Å². The van der Waals surface area contributed by atoms with Crippen LogP contribution >= 0.6 is 0 Å². The number of aromatic nitrogens is 3. The van der Waals surface area contributed by atoms with Crippen LogP contribution in [0.3, 0.4) is 0 Å². The zero-order valence-electron chi connectivity index (χ0n) is 20.3. The van der Waals surface area contributed by atoms with Crippen LogP contribution in [-0.4, -0.2) is 58.8 Å². The van der Waals surface area contributed by atoms with Gasteiger partial charge in [0.2, 0.25) is 0 Å². The molecule has 180 valence electrons. The molecular weight excluding hydrogens is 434 g/mol. The van der Waals surface area contributed by atoms with E-state index < -0.39 is 0 Å². The van der Waals surface area contributed by atoms with E-state index in [1.54, 1.807) is 31.3 Å². The van der Waals surface area contributed by atoms with Crippen molar-refractivity contribution in [2.75, 3.05) is 32.6 Å². The highest BCUT2D eigenvalue weighted by Gasteiger charge is 2.25. The average molecular weight is 466 g/mol. The van der Waals surface area contributed by atoms with Crippen molar-refractivity contribution in [2.24, 2.45) is 0 Å². The number of pyridine rings is 1. The number of carbonyl (C=O) groups excluding carboxylic acids is 2. The number of nitrogens with zero attached hydrogens (tertiary/aromatic N) is 4. The minimum Gasteiger partial charge on any atom is -0.493 e. The summed E-state index contributed by atoms with van der Waals surface area (Å²) in [5.74, 6) is 0.362. The fourth-order valence-electron chi connectivity index (χ4n) is 4.29. The number of carbonyl (C=O) groups is 2. The Hall–Kier alpha value is -3.62. The molecule has 9 nitrogen and oxygen atoms in total. The number of likely N-dealkylation sites (tertiary alicyclic amines) is 1. The van der Waals surface area contributed by atoms with Crippen LogP contribution in [0.1, 0.15) is 65.6 Å². The molecular formula is C25H31N5O4. The Balaban J connectivity index is 1.71. The molecule has 1 aliphatic heterocycles. The van der Waals surface area contributed by atoms with Crippen LogP contribution in [0.15, 0.2) is 24.4 Å². The van der Waals surface area contributed by atoms with E-state index in [4.69, 9.17) is 9.47 Å². The molecule has 3 heterocycles. The van der Waals surface area contributed by atoms with Crippen LogP contribution < -0.4 is 14.8 Å². The Labute approximate surface area is 199 Å². The maximum Gasteiger partial charge on any atom is 0.257 e. The first-order chi connectivity index (χ1) is 16.3. The number of hydrogen-bond acceptors (Lipinski definition) is 6. The zero-order valence-corrected chi connectivity index (χ0v) is 20.3. The van der Waals surface area contributed by atoms with E-state index in [-0.39, 0.29) is 17.9 Å². The molecule has 34 heavy (non-hydrogen) atoms. The fraction of sp³-hybridized carbons (Fsp3) is 0.440. The number of hydrogen-bond donors (Lipinski definition) is 1. The number of benzene rings is 1. The van der Waals surface area contributed by atoms with Crippen LogP contribution in [0.5, 0.6) is 11.5 Å². The molecule has 1 saturated heterocycles. The molecule has 0 bridgehead atoms. The van der Waals surface area contributed by atoms with Crippen LogP contribution in [-0.2, 0) is 0 Å². The second kappa shape index (κ2) is 9.70. The van der Waals surface area contributed by atoms with Crippen molar-refractivity contribution in [3.8, 4) is 11.5 Å². The van der Waals surface area contributed by atoms with Gasteiger partial charge in [0.05, 0.1) is 42.9 Å². The molecule has 2 aromatic heterocycles. The number of rotatable bonds is 6. The second-order valence-electron chi connectivity index (χ2n) is 8.78. The number of ether oxygens (including phenoxy) is 2. The van der Waals surface area contributed by atoms with Crippen molar-refractivity contribution in [3.05, 3.63) is 41.2 Å². The van der Waals surface area contributed by atoms with E-state index in [2.05, 4.69) is 15.4 Å². The lowest BCUT2D eigenvalue weighted by molar-refractivity contribution is 0.0725. The van der Waals surface area contributed by atoms with Gasteiger partial charge in [0.25, 0.3) is 11.8 Å². The Morgan fingerprint density at radius 3 is 2.32 bits per heavy atom. The van der Waals surface area contributed by atoms with E-state index in [0.29, 0.717) is 47.1 Å². The van der Waals surface area contributed by atoms with Gasteiger partial charge in [-0.25, -0.2) is 9.67 Å². The summed E-state index contributed by atoms with van der Waals surface area (Å²) in [6.45, 7) is 7.24. The molecule has 9 heteroatoms. The highest BCUT2D eigenvalue weighted by atomic mass is 16.5. The predicted molar refractivity (Wildman–Crippen MR) is 130 cm³/mol. The molecule has 0 unspecified atom stereocenters. The summed E-state index contributed by atoms with van der Waals surface area (Å²) in [7, 11) is 3.04. The molecule has 1 aliphatic rings. The topological polar surface area (TPSA) is 98.6 Å². The van der Waals surface area contributed by atoms with Gasteiger partial charge in [-0.2, -0.15) is 5.10 Å². The number of methoxy groups -OCH3 is 2. The van der Waals surface area contributed by atoms with Crippen LogP contribution in [0.25, 0.3) is 11.0 Å². The lowest BCUT2D eigenvalue weighted by Crippen LogP contribution is -2.36. The molecule has 0 saturated carbocycles. The first-order valence-corrected chi connectivity index (χ1v) is 11.6. The van der Waals surface area contributed by atoms with Crippen molar-refractivity contribution in [2.45, 2.75) is 46.1 Å². The van der Waals surface area contributed by atoms with Gasteiger partial charge in [0.15, 0.2) is 17.1 Å². The third kappa shape index (κ3) is 4.42. The van der Waals surface area contributed by atoms with Gasteiger partial charge in [-0.3, -0.25) is 9.59 Å². The smallest absolute Gasteiger partial charge is 0.257 e. The summed E-state index contributed by atoms with van der Waals surface area (Å²) in [6, 6.07) is 5.20. The second-order valence-corrected chi connectivity index (χ2v) is 8.78. The summed E-state index contributed by atoms with van der Waals surface area (Å²) in [5.41, 5.74) is 2.47. The standard InChI is InChI=1S/C25H31N5O4/c1-15(2)30-23-17(14-26-30)11-18(16(3)27-23)24(31)28-20-13-22(34-5)21(33-4)12-19(20)25(32)29-9-7-6-8-10-29/h11-15H,6-10H2,1-5H3,(H,28,31). The first kappa shape index (κ1) is 23.5. The lowest BCUT2D eigenvalue weighted by Gasteiger charge is -2.28. The van der Waals surface area contributed by atoms with Gasteiger partial charge in [0.1, 0.15) is 0 Å². The average Bonchev–Trinajstić information content (AvgIpc) is 3.26. The van der Waals surface area contributed by atoms with Gasteiger partial charge in [0, 0.05) is 30.6 Å². The summed E-state index contributed by atoms with van der Waals surface area (Å²) in [6.07, 6.45) is 4.76. The number of fused-ring (bicyclic) bond motifs is 1. The normalized spacial score (nSPS) is 13.9. The van der Waals surface area contributed by atoms with E-state index in [1.807, 2.05) is 23.4 Å². The molecule has 0 atom stereocenters. The number of amides is 2. The fourth-order valence-corrected chi connectivity index (χ4v) is 4.29. The van der Waals surface area contributed by atoms with E-state index in [0.717, 1.165) is 30.3 Å². The SMILES string of the molecule is COc1cc(NC(=O)c2cc3cnn(C(C)C)c3nc2C)c(C(=O)N2CCCCC2)cc1OC. The summed E-state index contributed by atoms with van der Waals surface area (Å²) in [4.78, 5) is 33.2. The summed E-state index contributed by atoms with van der Waals surface area (Å²) >= 11 is 0. The van der Waals surface area contributed by atoms with Gasteiger partial charge in [-0.1, -0.05) is 0 Å². The largest absolute Gasteiger partial charge is 0.493 e. The number of piperidine rings is 1. The van der Waals surface area contributed by atoms with Gasteiger partial charge < -0.3 is 19.7 Å². The molecule has 0 spiro atoms. The Morgan fingerprint density at radius 2 is 1.68 bits per heavy atom. The third-order valence-electron chi connectivity index (χ3n) is 6.14. The third-order valence-corrected chi connectivity index (χ3v) is 6.14. The maximum absolute atomic E-state index is 13.4. The number of aryl methyl sites for hydroxylation is 1. The van der Waals surface area contributed by atoms with Crippen molar-refractivity contribution < 1.29 is 19.1 Å². The molecule has 0 aliphatic carbocycles. The minimum atomic E-state index is -0.357. The predicted octanol–water partition coefficient (Wildman–Crippen LogP) is 4.22. The molecule has 0 radical (unpaired) electrons. The Bertz CT molecular complexity index is 1230. The van der Waals surface area contributed by atoms with Gasteiger partial charge in [-0.15, -0.1) is 0 Å². The lowest BCUT2D eigenvalue weighted by atomic mass is 10.1. The Morgan fingerprint density at radius 1 is 1.00 bits per heavy atom. The van der Waals surface area contributed by atoms with E-state index in [1.165, 1.54) is 14.2 Å². The van der Waals surface area contributed by atoms with E-state index in [9.17, 15) is 9.59 Å². The minimum absolute atomic E-state index is 0.139. The van der Waals surface area contributed by atoms with Crippen LogP contribution in [0.4, 0.5) is 5.69 Å². The number of anilines is 1. The summed E-state index contributed by atoms with van der Waals surface area (Å²) < 4.78 is 12.7. The van der Waals surface area contributed by atoms with Crippen LogP contribution in [0.2, 0.25) is 0 Å².